The largest absolute Gasteiger partial charge is 0.336 e. The Morgan fingerprint density at radius 2 is 2.00 bits per heavy atom. The quantitative estimate of drug-likeness (QED) is 0.714. The molecule has 0 aromatic rings. The summed E-state index contributed by atoms with van der Waals surface area (Å²) in [5.74, 6) is 0.798. The van der Waals surface area contributed by atoms with Crippen LogP contribution in [0.2, 0.25) is 0 Å². The predicted molar refractivity (Wildman–Crippen MR) is 62.7 cm³/mol. The average molecular weight is 212 g/mol. The first kappa shape index (κ1) is 12.5. The number of carbonyl (C=O) groups is 1. The molecule has 1 rings (SSSR count). The van der Waals surface area contributed by atoms with E-state index in [4.69, 9.17) is 0 Å². The van der Waals surface area contributed by atoms with Crippen molar-refractivity contribution in [2.75, 3.05) is 19.6 Å². The standard InChI is InChI=1S/C12H24N2O/c1-9(2)10-8-13-6-7-14(10)11(15)12(3,4)5/h9-10,13H,6-8H2,1-5H3. The summed E-state index contributed by atoms with van der Waals surface area (Å²) < 4.78 is 0. The second-order valence-corrected chi connectivity index (χ2v) is 5.76. The summed E-state index contributed by atoms with van der Waals surface area (Å²) in [5.41, 5.74) is -0.259. The number of nitrogens with one attached hydrogen (secondary N) is 1. The van der Waals surface area contributed by atoms with Crippen molar-refractivity contribution in [1.82, 2.24) is 10.2 Å². The second-order valence-electron chi connectivity index (χ2n) is 5.76. The van der Waals surface area contributed by atoms with Crippen LogP contribution in [0.5, 0.6) is 0 Å². The first-order valence-electron chi connectivity index (χ1n) is 5.86. The monoisotopic (exact) mass is 212 g/mol. The normalized spacial score (nSPS) is 23.3. The van der Waals surface area contributed by atoms with Gasteiger partial charge in [-0.1, -0.05) is 34.6 Å². The van der Waals surface area contributed by atoms with Crippen LogP contribution in [0.4, 0.5) is 0 Å². The van der Waals surface area contributed by atoms with Crippen LogP contribution in [0, 0.1) is 11.3 Å². The number of carbonyl (C=O) groups excluding carboxylic acids is 1. The van der Waals surface area contributed by atoms with Crippen LogP contribution in [0.3, 0.4) is 0 Å². The van der Waals surface area contributed by atoms with Gasteiger partial charge in [0.2, 0.25) is 5.91 Å². The number of hydrogen-bond acceptors (Lipinski definition) is 2. The molecule has 0 saturated carbocycles. The lowest BCUT2D eigenvalue weighted by atomic mass is 9.91. The molecule has 3 nitrogen and oxygen atoms in total. The van der Waals surface area contributed by atoms with Gasteiger partial charge in [0.15, 0.2) is 0 Å². The van der Waals surface area contributed by atoms with E-state index in [9.17, 15) is 4.79 Å². The van der Waals surface area contributed by atoms with Gasteiger partial charge in [-0.05, 0) is 5.92 Å². The Balaban J connectivity index is 2.77. The number of nitrogens with zero attached hydrogens (tertiary/aromatic N) is 1. The molecule has 1 saturated heterocycles. The highest BCUT2D eigenvalue weighted by atomic mass is 16.2. The molecule has 0 aromatic carbocycles. The van der Waals surface area contributed by atoms with E-state index in [-0.39, 0.29) is 11.3 Å². The summed E-state index contributed by atoms with van der Waals surface area (Å²) in [6, 6.07) is 0.352. The summed E-state index contributed by atoms with van der Waals surface area (Å²) in [7, 11) is 0. The molecular weight excluding hydrogens is 188 g/mol. The summed E-state index contributed by atoms with van der Waals surface area (Å²) >= 11 is 0. The van der Waals surface area contributed by atoms with E-state index >= 15 is 0 Å². The van der Waals surface area contributed by atoms with Gasteiger partial charge >= 0.3 is 0 Å². The number of amides is 1. The van der Waals surface area contributed by atoms with Gasteiger partial charge in [-0.15, -0.1) is 0 Å². The maximum absolute atomic E-state index is 12.2. The molecule has 1 atom stereocenters. The highest BCUT2D eigenvalue weighted by Gasteiger charge is 2.34. The molecule has 3 heteroatoms. The lowest BCUT2D eigenvalue weighted by molar-refractivity contribution is -0.143. The van der Waals surface area contributed by atoms with Crippen LogP contribution >= 0.6 is 0 Å². The van der Waals surface area contributed by atoms with E-state index in [1.165, 1.54) is 0 Å². The van der Waals surface area contributed by atoms with Gasteiger partial charge < -0.3 is 10.2 Å². The predicted octanol–water partition coefficient (Wildman–Crippen LogP) is 1.49. The average Bonchev–Trinajstić information content (AvgIpc) is 2.15. The highest BCUT2D eigenvalue weighted by Crippen LogP contribution is 2.22. The topological polar surface area (TPSA) is 32.3 Å². The Morgan fingerprint density at radius 3 is 2.47 bits per heavy atom. The van der Waals surface area contributed by atoms with Crippen molar-refractivity contribution >= 4 is 5.91 Å². The van der Waals surface area contributed by atoms with E-state index in [2.05, 4.69) is 24.1 Å². The lowest BCUT2D eigenvalue weighted by Gasteiger charge is -2.41. The van der Waals surface area contributed by atoms with E-state index in [0.717, 1.165) is 19.6 Å². The zero-order chi connectivity index (χ0) is 11.6. The molecular formula is C12H24N2O. The minimum absolute atomic E-state index is 0.259. The molecule has 1 aliphatic rings. The summed E-state index contributed by atoms with van der Waals surface area (Å²) in [4.78, 5) is 14.3. The molecule has 1 unspecified atom stereocenters. The van der Waals surface area contributed by atoms with E-state index in [1.54, 1.807) is 0 Å². The molecule has 0 aliphatic carbocycles. The minimum Gasteiger partial charge on any atom is -0.336 e. The van der Waals surface area contributed by atoms with Crippen molar-refractivity contribution in [2.45, 2.75) is 40.7 Å². The van der Waals surface area contributed by atoms with Gasteiger partial charge in [-0.25, -0.2) is 0 Å². The van der Waals surface area contributed by atoms with Gasteiger partial charge in [0.25, 0.3) is 0 Å². The molecule has 0 radical (unpaired) electrons. The fourth-order valence-corrected chi connectivity index (χ4v) is 2.00. The molecule has 0 spiro atoms. The van der Waals surface area contributed by atoms with Gasteiger partial charge in [-0.3, -0.25) is 4.79 Å². The molecule has 88 valence electrons. The third-order valence-corrected chi connectivity index (χ3v) is 2.96. The van der Waals surface area contributed by atoms with Crippen molar-refractivity contribution in [2.24, 2.45) is 11.3 Å². The molecule has 0 bridgehead atoms. The Bertz CT molecular complexity index is 230. The summed E-state index contributed by atoms with van der Waals surface area (Å²) in [6.07, 6.45) is 0. The van der Waals surface area contributed by atoms with Crippen LogP contribution in [-0.4, -0.2) is 36.5 Å². The molecule has 1 fully saturated rings. The fourth-order valence-electron chi connectivity index (χ4n) is 2.00. The van der Waals surface area contributed by atoms with Gasteiger partial charge in [0, 0.05) is 31.1 Å². The number of hydrogen-bond donors (Lipinski definition) is 1. The van der Waals surface area contributed by atoms with Crippen LogP contribution in [0.15, 0.2) is 0 Å². The Kier molecular flexibility index (Phi) is 3.77. The Hall–Kier alpha value is -0.570. The van der Waals surface area contributed by atoms with Crippen molar-refractivity contribution < 1.29 is 4.79 Å². The molecule has 0 aromatic heterocycles. The number of piperazine rings is 1. The molecule has 1 heterocycles. The van der Waals surface area contributed by atoms with Gasteiger partial charge in [-0.2, -0.15) is 0 Å². The second kappa shape index (κ2) is 4.52. The Morgan fingerprint density at radius 1 is 1.40 bits per heavy atom. The van der Waals surface area contributed by atoms with E-state index in [0.29, 0.717) is 12.0 Å². The Labute approximate surface area is 93.2 Å². The van der Waals surface area contributed by atoms with Gasteiger partial charge in [0.05, 0.1) is 0 Å². The van der Waals surface area contributed by atoms with Crippen molar-refractivity contribution in [3.05, 3.63) is 0 Å². The highest BCUT2D eigenvalue weighted by molar-refractivity contribution is 5.82. The molecule has 1 amide bonds. The molecule has 15 heavy (non-hydrogen) atoms. The third-order valence-electron chi connectivity index (χ3n) is 2.96. The number of rotatable bonds is 1. The van der Waals surface area contributed by atoms with E-state index in [1.807, 2.05) is 20.8 Å². The van der Waals surface area contributed by atoms with Crippen molar-refractivity contribution in [3.8, 4) is 0 Å². The smallest absolute Gasteiger partial charge is 0.228 e. The SMILES string of the molecule is CC(C)C1CNCCN1C(=O)C(C)(C)C. The fraction of sp³-hybridized carbons (Fsp3) is 0.917. The van der Waals surface area contributed by atoms with Crippen LogP contribution in [-0.2, 0) is 4.79 Å². The maximum Gasteiger partial charge on any atom is 0.228 e. The minimum atomic E-state index is -0.259. The molecule has 1 aliphatic heterocycles. The zero-order valence-electron chi connectivity index (χ0n) is 10.6. The maximum atomic E-state index is 12.2. The van der Waals surface area contributed by atoms with Gasteiger partial charge in [0.1, 0.15) is 0 Å². The first-order valence-corrected chi connectivity index (χ1v) is 5.86. The van der Waals surface area contributed by atoms with Crippen LogP contribution in [0.25, 0.3) is 0 Å². The van der Waals surface area contributed by atoms with E-state index < -0.39 is 0 Å². The molecule has 1 N–H and O–H groups in total. The van der Waals surface area contributed by atoms with Crippen molar-refractivity contribution in [3.63, 3.8) is 0 Å². The third kappa shape index (κ3) is 2.94. The zero-order valence-corrected chi connectivity index (χ0v) is 10.6. The first-order chi connectivity index (χ1) is 6.84. The van der Waals surface area contributed by atoms with Crippen LogP contribution in [0.1, 0.15) is 34.6 Å². The van der Waals surface area contributed by atoms with Crippen LogP contribution < -0.4 is 5.32 Å². The summed E-state index contributed by atoms with van der Waals surface area (Å²) in [6.45, 7) is 13.0. The summed E-state index contributed by atoms with van der Waals surface area (Å²) in [5, 5.41) is 3.36. The van der Waals surface area contributed by atoms with Crippen molar-refractivity contribution in [1.29, 1.82) is 0 Å². The lowest BCUT2D eigenvalue weighted by Crippen LogP contribution is -2.58.